The number of nitrogens with one attached hydrogen (secondary N) is 1. The second kappa shape index (κ2) is 5.63. The van der Waals surface area contributed by atoms with Crippen molar-refractivity contribution in [2.75, 3.05) is 5.32 Å². The second-order valence-electron chi connectivity index (χ2n) is 4.61. The average Bonchev–Trinajstić information content (AvgIpc) is 3.02. The largest absolute Gasteiger partial charge is 0.324 e. The molecule has 0 bridgehead atoms. The minimum atomic E-state index is -0.381. The van der Waals surface area contributed by atoms with Gasteiger partial charge in [0.15, 0.2) is 0 Å². The lowest BCUT2D eigenvalue weighted by atomic mass is 10.2. The van der Waals surface area contributed by atoms with Crippen molar-refractivity contribution in [2.45, 2.75) is 0 Å². The normalized spacial score (nSPS) is 10.3. The van der Waals surface area contributed by atoms with Gasteiger partial charge in [-0.15, -0.1) is 0 Å². The van der Waals surface area contributed by atoms with Crippen LogP contribution in [0.25, 0.3) is 5.69 Å². The van der Waals surface area contributed by atoms with Gasteiger partial charge in [-0.25, -0.2) is 4.39 Å². The molecule has 0 fully saturated rings. The van der Waals surface area contributed by atoms with E-state index in [-0.39, 0.29) is 11.7 Å². The minimum absolute atomic E-state index is 0.269. The fraction of sp³-hybridized carbons (Fsp3) is 0. The molecule has 0 unspecified atom stereocenters. The smallest absolute Gasteiger partial charge is 0.255 e. The zero-order valence-electron chi connectivity index (χ0n) is 11.2. The van der Waals surface area contributed by atoms with Crippen LogP contribution >= 0.6 is 0 Å². The molecule has 0 atom stereocenters. The van der Waals surface area contributed by atoms with Gasteiger partial charge in [0, 0.05) is 29.3 Å². The van der Waals surface area contributed by atoms with E-state index in [1.54, 1.807) is 24.3 Å². The fourth-order valence-corrected chi connectivity index (χ4v) is 2.08. The van der Waals surface area contributed by atoms with Gasteiger partial charge in [0.1, 0.15) is 5.82 Å². The summed E-state index contributed by atoms with van der Waals surface area (Å²) in [6, 6.07) is 16.9. The maximum absolute atomic E-state index is 13.1. The molecule has 0 saturated heterocycles. The number of aromatic nitrogens is 1. The molecule has 4 heteroatoms. The van der Waals surface area contributed by atoms with E-state index >= 15 is 0 Å². The van der Waals surface area contributed by atoms with Crippen LogP contribution in [0, 0.1) is 5.82 Å². The molecule has 21 heavy (non-hydrogen) atoms. The Morgan fingerprint density at radius 3 is 2.48 bits per heavy atom. The lowest BCUT2D eigenvalue weighted by Gasteiger charge is -2.08. The Morgan fingerprint density at radius 1 is 0.952 bits per heavy atom. The van der Waals surface area contributed by atoms with Gasteiger partial charge in [-0.1, -0.05) is 12.1 Å². The summed E-state index contributed by atoms with van der Waals surface area (Å²) in [6.45, 7) is 0. The van der Waals surface area contributed by atoms with Gasteiger partial charge in [0.05, 0.1) is 0 Å². The first-order chi connectivity index (χ1) is 10.2. The van der Waals surface area contributed by atoms with E-state index in [1.165, 1.54) is 12.1 Å². The zero-order valence-corrected chi connectivity index (χ0v) is 11.2. The van der Waals surface area contributed by atoms with Crippen LogP contribution in [0.2, 0.25) is 0 Å². The molecule has 1 heterocycles. The highest BCUT2D eigenvalue weighted by Crippen LogP contribution is 2.14. The van der Waals surface area contributed by atoms with Crippen LogP contribution in [0.15, 0.2) is 73.1 Å². The summed E-state index contributed by atoms with van der Waals surface area (Å²) in [6.07, 6.45) is 3.81. The Hall–Kier alpha value is -2.88. The Morgan fingerprint density at radius 2 is 1.71 bits per heavy atom. The third-order valence-corrected chi connectivity index (χ3v) is 3.09. The first-order valence-electron chi connectivity index (χ1n) is 6.53. The van der Waals surface area contributed by atoms with Crippen molar-refractivity contribution >= 4 is 11.6 Å². The number of nitrogens with zero attached hydrogens (tertiary/aromatic N) is 1. The third-order valence-electron chi connectivity index (χ3n) is 3.09. The average molecular weight is 280 g/mol. The molecule has 1 aromatic heterocycles. The van der Waals surface area contributed by atoms with Gasteiger partial charge < -0.3 is 9.88 Å². The maximum Gasteiger partial charge on any atom is 0.255 e. The number of anilines is 1. The molecule has 2 aromatic carbocycles. The van der Waals surface area contributed by atoms with Crippen molar-refractivity contribution in [3.63, 3.8) is 0 Å². The number of amides is 1. The van der Waals surface area contributed by atoms with E-state index in [1.807, 2.05) is 41.2 Å². The van der Waals surface area contributed by atoms with Gasteiger partial charge in [0.25, 0.3) is 5.91 Å². The van der Waals surface area contributed by atoms with E-state index in [2.05, 4.69) is 5.32 Å². The molecular formula is C17H13FN2O. The Balaban J connectivity index is 1.83. The molecule has 1 amide bonds. The van der Waals surface area contributed by atoms with Gasteiger partial charge in [-0.3, -0.25) is 4.79 Å². The number of carbonyl (C=O) groups excluding carboxylic acids is 1. The van der Waals surface area contributed by atoms with Crippen molar-refractivity contribution in [3.05, 3.63) is 84.4 Å². The topological polar surface area (TPSA) is 34.0 Å². The predicted molar refractivity (Wildman–Crippen MR) is 80.1 cm³/mol. The van der Waals surface area contributed by atoms with Crippen LogP contribution in [0.4, 0.5) is 10.1 Å². The molecule has 0 aliphatic heterocycles. The zero-order chi connectivity index (χ0) is 14.7. The van der Waals surface area contributed by atoms with E-state index in [0.717, 1.165) is 5.69 Å². The van der Waals surface area contributed by atoms with E-state index < -0.39 is 0 Å². The number of carbonyl (C=O) groups is 1. The molecule has 3 rings (SSSR count). The molecule has 3 nitrogen and oxygen atoms in total. The Labute approximate surface area is 121 Å². The molecule has 0 aliphatic carbocycles. The summed E-state index contributed by atoms with van der Waals surface area (Å²) in [5.74, 6) is -0.650. The van der Waals surface area contributed by atoms with Gasteiger partial charge in [-0.2, -0.15) is 0 Å². The fourth-order valence-electron chi connectivity index (χ4n) is 2.08. The quantitative estimate of drug-likeness (QED) is 0.776. The monoisotopic (exact) mass is 280 g/mol. The summed E-state index contributed by atoms with van der Waals surface area (Å²) >= 11 is 0. The highest BCUT2D eigenvalue weighted by Gasteiger charge is 2.07. The number of benzene rings is 2. The lowest BCUT2D eigenvalue weighted by molar-refractivity contribution is 0.102. The summed E-state index contributed by atoms with van der Waals surface area (Å²) in [4.78, 5) is 12.2. The van der Waals surface area contributed by atoms with Crippen LogP contribution in [0.1, 0.15) is 10.4 Å². The Kier molecular flexibility index (Phi) is 3.51. The van der Waals surface area contributed by atoms with Crippen molar-refractivity contribution in [2.24, 2.45) is 0 Å². The molecule has 1 N–H and O–H groups in total. The number of hydrogen-bond acceptors (Lipinski definition) is 1. The van der Waals surface area contributed by atoms with Crippen molar-refractivity contribution in [3.8, 4) is 5.69 Å². The number of hydrogen-bond donors (Lipinski definition) is 1. The van der Waals surface area contributed by atoms with Crippen molar-refractivity contribution in [1.29, 1.82) is 0 Å². The van der Waals surface area contributed by atoms with Crippen LogP contribution in [-0.4, -0.2) is 10.5 Å². The molecule has 0 spiro atoms. The highest BCUT2D eigenvalue weighted by atomic mass is 19.1. The SMILES string of the molecule is O=C(Nc1cccc(F)c1)c1cccc(-n2cccc2)c1. The lowest BCUT2D eigenvalue weighted by Crippen LogP contribution is -2.12. The molecule has 0 radical (unpaired) electrons. The highest BCUT2D eigenvalue weighted by molar-refractivity contribution is 6.04. The summed E-state index contributed by atoms with van der Waals surface area (Å²) in [5.41, 5.74) is 1.85. The van der Waals surface area contributed by atoms with Crippen molar-refractivity contribution in [1.82, 2.24) is 4.57 Å². The second-order valence-corrected chi connectivity index (χ2v) is 4.61. The number of halogens is 1. The van der Waals surface area contributed by atoms with Crippen LogP contribution in [0.3, 0.4) is 0 Å². The molecular weight excluding hydrogens is 267 g/mol. The number of rotatable bonds is 3. The summed E-state index contributed by atoms with van der Waals surface area (Å²) in [5, 5.41) is 2.68. The van der Waals surface area contributed by atoms with Gasteiger partial charge >= 0.3 is 0 Å². The van der Waals surface area contributed by atoms with E-state index in [0.29, 0.717) is 11.3 Å². The van der Waals surface area contributed by atoms with Gasteiger partial charge in [0.2, 0.25) is 0 Å². The standard InChI is InChI=1S/C17H13FN2O/c18-14-6-4-7-15(12-14)19-17(21)13-5-3-8-16(11-13)20-9-1-2-10-20/h1-12H,(H,19,21). The van der Waals surface area contributed by atoms with E-state index in [4.69, 9.17) is 0 Å². The third kappa shape index (κ3) is 3.00. The predicted octanol–water partition coefficient (Wildman–Crippen LogP) is 3.87. The summed E-state index contributed by atoms with van der Waals surface area (Å²) < 4.78 is 15.0. The molecule has 104 valence electrons. The summed E-state index contributed by atoms with van der Waals surface area (Å²) in [7, 11) is 0. The minimum Gasteiger partial charge on any atom is -0.324 e. The first kappa shape index (κ1) is 13.1. The molecule has 0 aliphatic rings. The van der Waals surface area contributed by atoms with Crippen LogP contribution in [-0.2, 0) is 0 Å². The first-order valence-corrected chi connectivity index (χ1v) is 6.53. The van der Waals surface area contributed by atoms with E-state index in [9.17, 15) is 9.18 Å². The van der Waals surface area contributed by atoms with Crippen LogP contribution in [0.5, 0.6) is 0 Å². The Bertz CT molecular complexity index is 766. The molecule has 0 saturated carbocycles. The van der Waals surface area contributed by atoms with Crippen LogP contribution < -0.4 is 5.32 Å². The van der Waals surface area contributed by atoms with Crippen molar-refractivity contribution < 1.29 is 9.18 Å². The molecule has 3 aromatic rings. The van der Waals surface area contributed by atoms with Gasteiger partial charge in [-0.05, 0) is 48.5 Å². The maximum atomic E-state index is 13.1.